The fraction of sp³-hybridized carbons (Fsp3) is 0.618. The fourth-order valence-corrected chi connectivity index (χ4v) is 11.8. The Labute approximate surface area is 654 Å². The van der Waals surface area contributed by atoms with Crippen molar-refractivity contribution in [1.82, 2.24) is 0 Å². The number of unbranched alkanes of at least 4 members (excludes halogenated alkanes) is 19. The molecule has 0 aliphatic rings. The van der Waals surface area contributed by atoms with Gasteiger partial charge in [0.2, 0.25) is 0 Å². The zero-order chi connectivity index (χ0) is 78.9. The SMILES string of the molecule is CC/C=C\C/C=C\C/C=C\C/C=C\C/C=C\C/C=C\CCC(=O)OC[C@H](COP(=O)(O)OC[C@@H](O)COP(=O)(O)OC[C@@H](COC(=O)CC/C=C\C/C=C\C/C=C\C/C=C\C/C=C\C/C=C\CC)OC(=O)CCCCCCC/C=C\CCCCCCCC)OC(=O)CCCCCCC/C=C\C/C=C\CCCCC. The summed E-state index contributed by atoms with van der Waals surface area (Å²) in [4.78, 5) is 73.1. The van der Waals surface area contributed by atoms with Crippen molar-refractivity contribution < 1.29 is 80.2 Å². The zero-order valence-electron chi connectivity index (χ0n) is 66.9. The van der Waals surface area contributed by atoms with E-state index >= 15 is 0 Å². The van der Waals surface area contributed by atoms with Gasteiger partial charge in [0.05, 0.1) is 26.4 Å². The second-order valence-corrected chi connectivity index (χ2v) is 29.5. The summed E-state index contributed by atoms with van der Waals surface area (Å²) in [6.45, 7) is 4.41. The van der Waals surface area contributed by atoms with E-state index in [0.29, 0.717) is 38.5 Å². The largest absolute Gasteiger partial charge is 0.472 e. The highest BCUT2D eigenvalue weighted by molar-refractivity contribution is 7.47. The molecule has 0 rings (SSSR count). The maximum Gasteiger partial charge on any atom is 0.472 e. The van der Waals surface area contributed by atoms with E-state index in [1.54, 1.807) is 0 Å². The number of aliphatic hydroxyl groups excluding tert-OH is 1. The number of esters is 4. The van der Waals surface area contributed by atoms with Crippen LogP contribution in [0.15, 0.2) is 182 Å². The van der Waals surface area contributed by atoms with E-state index in [4.69, 9.17) is 37.0 Å². The van der Waals surface area contributed by atoms with Gasteiger partial charge in [-0.25, -0.2) is 9.13 Å². The van der Waals surface area contributed by atoms with Crippen LogP contribution >= 0.6 is 15.6 Å². The maximum atomic E-state index is 13.1. The first kappa shape index (κ1) is 102. The average Bonchev–Trinajstić information content (AvgIpc) is 0.923. The highest BCUT2D eigenvalue weighted by atomic mass is 31.2. The van der Waals surface area contributed by atoms with Crippen LogP contribution in [0.1, 0.15) is 297 Å². The smallest absolute Gasteiger partial charge is 0.462 e. The predicted octanol–water partition coefficient (Wildman–Crippen LogP) is 24.3. The van der Waals surface area contributed by atoms with Crippen molar-refractivity contribution in [3.05, 3.63) is 182 Å². The lowest BCUT2D eigenvalue weighted by Crippen LogP contribution is -2.30. The molecule has 0 amide bonds. The first-order valence-electron chi connectivity index (χ1n) is 41.0. The van der Waals surface area contributed by atoms with Crippen LogP contribution in [0.2, 0.25) is 0 Å². The van der Waals surface area contributed by atoms with Crippen molar-refractivity contribution in [1.29, 1.82) is 0 Å². The van der Waals surface area contributed by atoms with Crippen LogP contribution in [-0.2, 0) is 65.4 Å². The van der Waals surface area contributed by atoms with Crippen molar-refractivity contribution in [3.8, 4) is 0 Å². The summed E-state index contributed by atoms with van der Waals surface area (Å²) in [7, 11) is -10.0. The van der Waals surface area contributed by atoms with Gasteiger partial charge in [0.25, 0.3) is 0 Å². The van der Waals surface area contributed by atoms with Gasteiger partial charge in [-0.05, 0) is 161 Å². The monoisotopic (exact) mass is 1550 g/mol. The summed E-state index contributed by atoms with van der Waals surface area (Å²) in [5, 5.41) is 10.7. The lowest BCUT2D eigenvalue weighted by atomic mass is 10.1. The number of hydrogen-bond donors (Lipinski definition) is 3. The molecule has 0 spiro atoms. The summed E-state index contributed by atoms with van der Waals surface area (Å²) in [6.07, 6.45) is 96.1. The molecule has 3 N–H and O–H groups in total. The van der Waals surface area contributed by atoms with Crippen molar-refractivity contribution >= 4 is 39.5 Å². The number of ether oxygens (including phenoxy) is 4. The summed E-state index contributed by atoms with van der Waals surface area (Å²) in [6, 6.07) is 0. The van der Waals surface area contributed by atoms with Gasteiger partial charge in [-0.1, -0.05) is 293 Å². The minimum Gasteiger partial charge on any atom is -0.462 e. The number of rotatable bonds is 75. The molecule has 0 heterocycles. The van der Waals surface area contributed by atoms with Crippen molar-refractivity contribution in [2.75, 3.05) is 39.6 Å². The Balaban J connectivity index is 5.52. The second kappa shape index (κ2) is 79.3. The first-order chi connectivity index (χ1) is 52.7. The van der Waals surface area contributed by atoms with Crippen LogP contribution in [0.5, 0.6) is 0 Å². The molecule has 0 fully saturated rings. The minimum absolute atomic E-state index is 0.0254. The molecule has 0 radical (unpaired) electrons. The number of carbonyl (C=O) groups is 4. The normalized spacial score (nSPS) is 14.8. The van der Waals surface area contributed by atoms with E-state index in [1.807, 2.05) is 36.5 Å². The second-order valence-electron chi connectivity index (χ2n) is 26.6. The molecule has 5 atom stereocenters. The van der Waals surface area contributed by atoms with E-state index in [1.165, 1.54) is 57.8 Å². The Morgan fingerprint density at radius 1 is 0.269 bits per heavy atom. The molecule has 0 aliphatic carbocycles. The Morgan fingerprint density at radius 3 is 0.806 bits per heavy atom. The van der Waals surface area contributed by atoms with Gasteiger partial charge >= 0.3 is 39.5 Å². The summed E-state index contributed by atoms with van der Waals surface area (Å²) in [5.74, 6) is -2.41. The molecule has 0 saturated heterocycles. The van der Waals surface area contributed by atoms with Crippen molar-refractivity contribution in [2.24, 2.45) is 0 Å². The zero-order valence-corrected chi connectivity index (χ0v) is 68.7. The Bertz CT molecular complexity index is 2760. The van der Waals surface area contributed by atoms with E-state index in [2.05, 4.69) is 174 Å². The lowest BCUT2D eigenvalue weighted by molar-refractivity contribution is -0.161. The number of allylic oxidation sites excluding steroid dienone is 30. The highest BCUT2D eigenvalue weighted by Crippen LogP contribution is 2.45. The molecule has 17 nitrogen and oxygen atoms in total. The van der Waals surface area contributed by atoms with Crippen molar-refractivity contribution in [3.63, 3.8) is 0 Å². The standard InChI is InChI=1S/C89H144O17P2/c1-5-9-13-17-21-25-29-33-37-39-41-43-47-49-53-57-61-65-69-73-86(91)99-79-84(105-88(93)75-71-67-63-59-55-51-45-35-31-27-23-19-15-11-7-3)81-103-107(95,96)101-77-83(90)78-102-108(97,98)104-82-85(106-89(94)76-72-68-64-60-56-52-46-36-32-28-24-20-16-12-8-4)80-100-87(92)74-70-66-62-58-54-50-48-44-42-40-38-34-30-26-22-18-14-10-6-2/h9-10,13-14,21-23,25-27,33-38,41-46,49-50,53-54,61-62,65-66,83-85,90H,5-8,11-12,15-20,24,28-32,39-40,47-48,51-52,55-60,63-64,67-82H2,1-4H3,(H,95,96)(H,97,98)/b13-9-,14-10-,25-21-,26-22-,27-23-,37-33-,38-34-,43-41-,44-42-,45-35-,46-36-,53-49-,54-50-,65-61-,66-62-/t83-,84-,85-/m1/s1. The first-order valence-corrected chi connectivity index (χ1v) is 44.0. The fourth-order valence-electron chi connectivity index (χ4n) is 10.2. The topological polar surface area (TPSA) is 237 Å². The van der Waals surface area contributed by atoms with Crippen LogP contribution in [0, 0.1) is 0 Å². The number of carbonyl (C=O) groups excluding carboxylic acids is 4. The van der Waals surface area contributed by atoms with Crippen LogP contribution in [-0.4, -0.2) is 96.7 Å². The quantitative estimate of drug-likeness (QED) is 0.0169. The minimum atomic E-state index is -5.01. The van der Waals surface area contributed by atoms with Gasteiger partial charge in [0.1, 0.15) is 19.3 Å². The summed E-state index contributed by atoms with van der Waals surface area (Å²) < 4.78 is 68.5. The molecule has 0 aromatic heterocycles. The molecule has 108 heavy (non-hydrogen) atoms. The van der Waals surface area contributed by atoms with Gasteiger partial charge in [0.15, 0.2) is 12.2 Å². The van der Waals surface area contributed by atoms with Crippen LogP contribution in [0.3, 0.4) is 0 Å². The number of hydrogen-bond acceptors (Lipinski definition) is 15. The Hall–Kier alpha value is -5.84. The third-order valence-electron chi connectivity index (χ3n) is 16.4. The van der Waals surface area contributed by atoms with E-state index in [9.17, 15) is 43.2 Å². The predicted molar refractivity (Wildman–Crippen MR) is 445 cm³/mol. The molecule has 19 heteroatoms. The molecular formula is C89H144O17P2. The Kier molecular flexibility index (Phi) is 75.0. The van der Waals surface area contributed by atoms with Crippen LogP contribution in [0.25, 0.3) is 0 Å². The maximum absolute atomic E-state index is 13.1. The van der Waals surface area contributed by atoms with Crippen molar-refractivity contribution in [2.45, 2.75) is 316 Å². The van der Waals surface area contributed by atoms with Gasteiger partial charge in [-0.2, -0.15) is 0 Å². The Morgan fingerprint density at radius 2 is 0.500 bits per heavy atom. The van der Waals surface area contributed by atoms with Crippen LogP contribution in [0.4, 0.5) is 0 Å². The molecule has 0 bridgehead atoms. The molecule has 0 aliphatic heterocycles. The average molecular weight is 1550 g/mol. The van der Waals surface area contributed by atoms with E-state index in [0.717, 1.165) is 148 Å². The molecular weight excluding hydrogens is 1400 g/mol. The van der Waals surface area contributed by atoms with Gasteiger partial charge in [-0.15, -0.1) is 0 Å². The third-order valence-corrected chi connectivity index (χ3v) is 18.3. The molecule has 0 aromatic rings. The van der Waals surface area contributed by atoms with Gasteiger partial charge in [0, 0.05) is 25.7 Å². The lowest BCUT2D eigenvalue weighted by Gasteiger charge is -2.21. The summed E-state index contributed by atoms with van der Waals surface area (Å²) in [5.41, 5.74) is 0. The van der Waals surface area contributed by atoms with Gasteiger partial charge < -0.3 is 33.8 Å². The van der Waals surface area contributed by atoms with E-state index in [-0.39, 0.29) is 25.7 Å². The summed E-state index contributed by atoms with van der Waals surface area (Å²) >= 11 is 0. The molecule has 0 aromatic carbocycles. The number of phosphoric ester groups is 2. The number of aliphatic hydroxyl groups is 1. The highest BCUT2D eigenvalue weighted by Gasteiger charge is 2.30. The van der Waals surface area contributed by atoms with Crippen LogP contribution < -0.4 is 0 Å². The number of phosphoric acid groups is 2. The third kappa shape index (κ3) is 78.3. The van der Waals surface area contributed by atoms with E-state index < -0.39 is 97.5 Å². The molecule has 0 saturated carbocycles. The molecule has 2 unspecified atom stereocenters. The van der Waals surface area contributed by atoms with Gasteiger partial charge in [-0.3, -0.25) is 37.3 Å². The molecule has 612 valence electrons.